The van der Waals surface area contributed by atoms with E-state index in [1.807, 2.05) is 30.3 Å². The fraction of sp³-hybridized carbons (Fsp3) is 0.333. The normalized spacial score (nSPS) is 10.8. The maximum Gasteiger partial charge on any atom is 0.303 e. The summed E-state index contributed by atoms with van der Waals surface area (Å²) < 4.78 is 5.53. The van der Waals surface area contributed by atoms with Gasteiger partial charge < -0.3 is 9.84 Å². The Labute approximate surface area is 151 Å². The highest BCUT2D eigenvalue weighted by atomic mass is 35.5. The number of carboxylic acid groups (broad SMARTS) is 1. The summed E-state index contributed by atoms with van der Waals surface area (Å²) in [7, 11) is 0. The van der Waals surface area contributed by atoms with Gasteiger partial charge in [-0.25, -0.2) is 4.98 Å². The number of carboxylic acids is 1. The van der Waals surface area contributed by atoms with Gasteiger partial charge in [0.2, 0.25) is 0 Å². The second-order valence-electron chi connectivity index (χ2n) is 5.52. The van der Waals surface area contributed by atoms with E-state index in [9.17, 15) is 4.79 Å². The van der Waals surface area contributed by atoms with Crippen LogP contribution in [-0.2, 0) is 4.79 Å². The summed E-state index contributed by atoms with van der Waals surface area (Å²) in [5.74, 6) is -0.274. The van der Waals surface area contributed by atoms with Crippen LogP contribution in [0.3, 0.4) is 0 Å². The summed E-state index contributed by atoms with van der Waals surface area (Å²) in [6, 6.07) is 11.4. The monoisotopic (exact) mass is 365 g/mol. The van der Waals surface area contributed by atoms with Gasteiger partial charge in [0.25, 0.3) is 0 Å². The molecular formula is C18H20ClNO3S. The first-order chi connectivity index (χ1) is 11.5. The Balaban J connectivity index is 2.07. The Hall–Kier alpha value is -1.72. The number of ether oxygens (including phenoxy) is 1. The van der Waals surface area contributed by atoms with Gasteiger partial charge in [0.05, 0.1) is 22.3 Å². The lowest BCUT2D eigenvalue weighted by Gasteiger charge is -2.10. The molecular weight excluding hydrogens is 346 g/mol. The Kier molecular flexibility index (Phi) is 6.94. The second-order valence-corrected chi connectivity index (χ2v) is 7.52. The van der Waals surface area contributed by atoms with Crippen LogP contribution in [0, 0.1) is 0 Å². The SMILES string of the molecule is CC(C)Sc1cccc(-c2ccc(OCCCC(=O)O)c(Cl)c2)n1. The third-order valence-electron chi connectivity index (χ3n) is 3.10. The van der Waals surface area contributed by atoms with Gasteiger partial charge in [0.15, 0.2) is 0 Å². The van der Waals surface area contributed by atoms with Crippen LogP contribution in [0.1, 0.15) is 26.7 Å². The van der Waals surface area contributed by atoms with Crippen LogP contribution in [-0.4, -0.2) is 27.9 Å². The average molecular weight is 366 g/mol. The van der Waals surface area contributed by atoms with Crippen LogP contribution in [0.15, 0.2) is 41.4 Å². The molecule has 2 rings (SSSR count). The number of aliphatic carboxylic acids is 1. The molecule has 0 bridgehead atoms. The predicted octanol–water partition coefficient (Wildman–Crippen LogP) is 5.15. The number of hydrogen-bond acceptors (Lipinski definition) is 4. The molecule has 128 valence electrons. The first-order valence-electron chi connectivity index (χ1n) is 7.74. The molecule has 6 heteroatoms. The fourth-order valence-electron chi connectivity index (χ4n) is 2.07. The van der Waals surface area contributed by atoms with Crippen molar-refractivity contribution in [1.82, 2.24) is 4.98 Å². The molecule has 1 aromatic heterocycles. The number of nitrogens with zero attached hydrogens (tertiary/aromatic N) is 1. The van der Waals surface area contributed by atoms with Gasteiger partial charge in [-0.3, -0.25) is 4.79 Å². The molecule has 0 spiro atoms. The molecule has 1 aromatic carbocycles. The molecule has 0 aliphatic carbocycles. The molecule has 0 atom stereocenters. The van der Waals surface area contributed by atoms with Gasteiger partial charge in [0.1, 0.15) is 5.75 Å². The van der Waals surface area contributed by atoms with E-state index in [-0.39, 0.29) is 6.42 Å². The third-order valence-corrected chi connectivity index (χ3v) is 4.34. The van der Waals surface area contributed by atoms with Crippen molar-refractivity contribution >= 4 is 29.3 Å². The maximum atomic E-state index is 10.5. The van der Waals surface area contributed by atoms with Crippen molar-refractivity contribution in [1.29, 1.82) is 0 Å². The van der Waals surface area contributed by atoms with Gasteiger partial charge >= 0.3 is 5.97 Å². The Morgan fingerprint density at radius 1 is 1.33 bits per heavy atom. The zero-order chi connectivity index (χ0) is 17.5. The molecule has 0 amide bonds. The van der Waals surface area contributed by atoms with Gasteiger partial charge in [-0.1, -0.05) is 31.5 Å². The highest BCUT2D eigenvalue weighted by Gasteiger charge is 2.08. The number of aromatic nitrogens is 1. The number of benzene rings is 1. The molecule has 0 fully saturated rings. The van der Waals surface area contributed by atoms with Crippen molar-refractivity contribution in [3.05, 3.63) is 41.4 Å². The number of rotatable bonds is 8. The van der Waals surface area contributed by atoms with E-state index in [0.29, 0.717) is 29.0 Å². The Morgan fingerprint density at radius 3 is 2.79 bits per heavy atom. The minimum Gasteiger partial charge on any atom is -0.492 e. The molecule has 0 aliphatic rings. The number of thioether (sulfide) groups is 1. The van der Waals surface area contributed by atoms with Gasteiger partial charge in [-0.15, -0.1) is 11.8 Å². The van der Waals surface area contributed by atoms with Crippen molar-refractivity contribution < 1.29 is 14.6 Å². The van der Waals surface area contributed by atoms with E-state index in [4.69, 9.17) is 21.4 Å². The quantitative estimate of drug-likeness (QED) is 0.518. The van der Waals surface area contributed by atoms with Crippen molar-refractivity contribution in [2.45, 2.75) is 37.0 Å². The van der Waals surface area contributed by atoms with Gasteiger partial charge in [-0.05, 0) is 36.8 Å². The van der Waals surface area contributed by atoms with E-state index in [1.165, 1.54) is 0 Å². The molecule has 0 radical (unpaired) electrons. The van der Waals surface area contributed by atoms with Crippen LogP contribution >= 0.6 is 23.4 Å². The molecule has 0 unspecified atom stereocenters. The lowest BCUT2D eigenvalue weighted by molar-refractivity contribution is -0.137. The van der Waals surface area contributed by atoms with Crippen LogP contribution < -0.4 is 4.74 Å². The molecule has 0 saturated heterocycles. The number of pyridine rings is 1. The first kappa shape index (κ1) is 18.6. The standard InChI is InChI=1S/C18H20ClNO3S/c1-12(2)24-17-6-3-5-15(20-17)13-8-9-16(14(19)11-13)23-10-4-7-18(21)22/h3,5-6,8-9,11-12H,4,7,10H2,1-2H3,(H,21,22). The molecule has 24 heavy (non-hydrogen) atoms. The van der Waals surface area contributed by atoms with E-state index in [1.54, 1.807) is 17.8 Å². The van der Waals surface area contributed by atoms with Gasteiger partial charge in [0, 0.05) is 17.2 Å². The number of hydrogen-bond donors (Lipinski definition) is 1. The van der Waals surface area contributed by atoms with E-state index in [0.717, 1.165) is 16.3 Å². The van der Waals surface area contributed by atoms with Crippen molar-refractivity contribution in [3.8, 4) is 17.0 Å². The molecule has 1 heterocycles. The smallest absolute Gasteiger partial charge is 0.303 e. The van der Waals surface area contributed by atoms with Gasteiger partial charge in [-0.2, -0.15) is 0 Å². The van der Waals surface area contributed by atoms with E-state index >= 15 is 0 Å². The van der Waals surface area contributed by atoms with Crippen LogP contribution in [0.4, 0.5) is 0 Å². The summed E-state index contributed by atoms with van der Waals surface area (Å²) in [4.78, 5) is 15.1. The van der Waals surface area contributed by atoms with Crippen molar-refractivity contribution in [3.63, 3.8) is 0 Å². The van der Waals surface area contributed by atoms with Crippen molar-refractivity contribution in [2.24, 2.45) is 0 Å². The first-order valence-corrected chi connectivity index (χ1v) is 8.99. The van der Waals surface area contributed by atoms with Crippen LogP contribution in [0.2, 0.25) is 5.02 Å². The molecule has 2 aromatic rings. The largest absolute Gasteiger partial charge is 0.492 e. The maximum absolute atomic E-state index is 10.5. The Bertz CT molecular complexity index is 706. The van der Waals surface area contributed by atoms with Crippen molar-refractivity contribution in [2.75, 3.05) is 6.61 Å². The summed E-state index contributed by atoms with van der Waals surface area (Å²) in [5.41, 5.74) is 1.78. The highest BCUT2D eigenvalue weighted by Crippen LogP contribution is 2.31. The van der Waals surface area contributed by atoms with E-state index in [2.05, 4.69) is 18.8 Å². The number of carbonyl (C=O) groups is 1. The summed E-state index contributed by atoms with van der Waals surface area (Å²) in [6.07, 6.45) is 0.531. The summed E-state index contributed by atoms with van der Waals surface area (Å²) >= 11 is 7.98. The summed E-state index contributed by atoms with van der Waals surface area (Å²) in [5, 5.41) is 10.6. The lowest BCUT2D eigenvalue weighted by Crippen LogP contribution is -2.02. The van der Waals surface area contributed by atoms with E-state index < -0.39 is 5.97 Å². The summed E-state index contributed by atoms with van der Waals surface area (Å²) in [6.45, 7) is 4.59. The van der Waals surface area contributed by atoms with Crippen LogP contribution in [0.25, 0.3) is 11.3 Å². The Morgan fingerprint density at radius 2 is 2.12 bits per heavy atom. The second kappa shape index (κ2) is 8.94. The lowest BCUT2D eigenvalue weighted by atomic mass is 10.1. The minimum atomic E-state index is -0.828. The molecule has 1 N–H and O–H groups in total. The molecule has 4 nitrogen and oxygen atoms in total. The fourth-order valence-corrected chi connectivity index (χ4v) is 3.09. The molecule has 0 aliphatic heterocycles. The number of halogens is 1. The zero-order valence-electron chi connectivity index (χ0n) is 13.7. The average Bonchev–Trinajstić information content (AvgIpc) is 2.52. The highest BCUT2D eigenvalue weighted by molar-refractivity contribution is 7.99. The molecule has 0 saturated carbocycles. The predicted molar refractivity (Wildman–Crippen MR) is 98.0 cm³/mol. The van der Waals surface area contributed by atoms with Crippen LogP contribution in [0.5, 0.6) is 5.75 Å². The minimum absolute atomic E-state index is 0.0833. The zero-order valence-corrected chi connectivity index (χ0v) is 15.2. The topological polar surface area (TPSA) is 59.4 Å². The third kappa shape index (κ3) is 5.73.